The first-order chi connectivity index (χ1) is 17.4. The molecule has 0 N–H and O–H groups in total. The number of rotatable bonds is 6. The van der Waals surface area contributed by atoms with E-state index in [0.717, 1.165) is 5.69 Å². The van der Waals surface area contributed by atoms with Crippen molar-refractivity contribution in [3.8, 4) is 17.1 Å². The maximum absolute atomic E-state index is 13.7. The second-order valence-electron chi connectivity index (χ2n) is 9.48. The molecule has 4 aromatic rings. The van der Waals surface area contributed by atoms with Crippen LogP contribution in [-0.4, -0.2) is 33.5 Å². The Hall–Kier alpha value is -4.26. The minimum Gasteiger partial charge on any atom is -0.383 e. The molecule has 1 aliphatic carbocycles. The number of fused-ring (bicyclic) bond motifs is 1. The van der Waals surface area contributed by atoms with Crippen molar-refractivity contribution in [3.05, 3.63) is 105 Å². The summed E-state index contributed by atoms with van der Waals surface area (Å²) in [4.78, 5) is 31.7. The molecule has 1 aliphatic rings. The number of benzene rings is 3. The van der Waals surface area contributed by atoms with Gasteiger partial charge < -0.3 is 4.90 Å². The lowest BCUT2D eigenvalue weighted by Crippen LogP contribution is -2.22. The minimum atomic E-state index is -0.401. The Bertz CT molecular complexity index is 1510. The summed E-state index contributed by atoms with van der Waals surface area (Å²) in [6.07, 6.45) is 8.38. The van der Waals surface area contributed by atoms with Gasteiger partial charge in [0.05, 0.1) is 27.1 Å². The zero-order valence-electron chi connectivity index (χ0n) is 20.4. The molecule has 0 aliphatic heterocycles. The quantitative estimate of drug-likeness (QED) is 0.244. The van der Waals surface area contributed by atoms with Crippen LogP contribution in [0.3, 0.4) is 0 Å². The summed E-state index contributed by atoms with van der Waals surface area (Å²) in [5.41, 5.74) is 3.49. The van der Waals surface area contributed by atoms with Gasteiger partial charge in [0.25, 0.3) is 11.2 Å². The molecule has 7 nitrogen and oxygen atoms in total. The van der Waals surface area contributed by atoms with Crippen LogP contribution in [0.4, 0.5) is 5.69 Å². The van der Waals surface area contributed by atoms with Gasteiger partial charge in [-0.3, -0.25) is 19.5 Å². The second kappa shape index (κ2) is 9.77. The molecule has 0 radical (unpaired) electrons. The van der Waals surface area contributed by atoms with Gasteiger partial charge in [0.2, 0.25) is 0 Å². The van der Waals surface area contributed by atoms with E-state index in [0.29, 0.717) is 33.8 Å². The second-order valence-corrected chi connectivity index (χ2v) is 9.48. The molecule has 1 aromatic heterocycles. The first kappa shape index (κ1) is 23.5. The lowest BCUT2D eigenvalue weighted by atomic mass is 9.97. The first-order valence-electron chi connectivity index (χ1n) is 12.2. The third-order valence-electron chi connectivity index (χ3n) is 6.79. The van der Waals surface area contributed by atoms with Crippen molar-refractivity contribution in [2.24, 2.45) is 0 Å². The SMILES string of the molecule is CN(C)C=Cc1cc(-c2nc3ccccc3c(=O)n2-c2ccc(C3CCCC3)cc2)ccc1[N+](=O)[O-]. The predicted molar refractivity (Wildman–Crippen MR) is 143 cm³/mol. The maximum Gasteiger partial charge on any atom is 0.276 e. The molecule has 0 spiro atoms. The van der Waals surface area contributed by atoms with Crippen LogP contribution in [0.15, 0.2) is 77.7 Å². The van der Waals surface area contributed by atoms with E-state index in [-0.39, 0.29) is 11.2 Å². The normalized spacial score (nSPS) is 14.1. The number of hydrogen-bond donors (Lipinski definition) is 0. The third-order valence-corrected chi connectivity index (χ3v) is 6.79. The zero-order valence-corrected chi connectivity index (χ0v) is 20.4. The molecule has 0 atom stereocenters. The topological polar surface area (TPSA) is 81.3 Å². The van der Waals surface area contributed by atoms with E-state index in [1.54, 1.807) is 35.0 Å². The van der Waals surface area contributed by atoms with Gasteiger partial charge in [0, 0.05) is 25.7 Å². The summed E-state index contributed by atoms with van der Waals surface area (Å²) < 4.78 is 1.61. The first-order valence-corrected chi connectivity index (χ1v) is 12.2. The number of nitrogens with zero attached hydrogens (tertiary/aromatic N) is 4. The highest BCUT2D eigenvalue weighted by atomic mass is 16.6. The van der Waals surface area contributed by atoms with E-state index in [4.69, 9.17) is 4.98 Å². The van der Waals surface area contributed by atoms with Crippen LogP contribution >= 0.6 is 0 Å². The largest absolute Gasteiger partial charge is 0.383 e. The Labute approximate surface area is 209 Å². The maximum atomic E-state index is 13.7. The van der Waals surface area contributed by atoms with Crippen molar-refractivity contribution in [1.29, 1.82) is 0 Å². The van der Waals surface area contributed by atoms with Gasteiger partial charge in [0.15, 0.2) is 0 Å². The van der Waals surface area contributed by atoms with Crippen LogP contribution in [0.25, 0.3) is 34.1 Å². The van der Waals surface area contributed by atoms with Crippen LogP contribution in [0.5, 0.6) is 0 Å². The van der Waals surface area contributed by atoms with Crippen LogP contribution in [0.2, 0.25) is 0 Å². The molecular formula is C29H28N4O3. The zero-order chi connectivity index (χ0) is 25.2. The van der Waals surface area contributed by atoms with Gasteiger partial charge in [-0.05, 0) is 73.0 Å². The summed E-state index contributed by atoms with van der Waals surface area (Å²) >= 11 is 0. The molecule has 1 heterocycles. The van der Waals surface area contributed by atoms with Gasteiger partial charge in [-0.2, -0.15) is 0 Å². The molecule has 1 saturated carbocycles. The third kappa shape index (κ3) is 4.52. The monoisotopic (exact) mass is 480 g/mol. The van der Waals surface area contributed by atoms with E-state index in [2.05, 4.69) is 12.1 Å². The van der Waals surface area contributed by atoms with Gasteiger partial charge in [-0.1, -0.05) is 37.1 Å². The van der Waals surface area contributed by atoms with Crippen molar-refractivity contribution in [3.63, 3.8) is 0 Å². The summed E-state index contributed by atoms with van der Waals surface area (Å²) in [5.74, 6) is 1.02. The molecule has 36 heavy (non-hydrogen) atoms. The van der Waals surface area contributed by atoms with Gasteiger partial charge in [-0.25, -0.2) is 4.98 Å². The summed E-state index contributed by atoms with van der Waals surface area (Å²) in [6.45, 7) is 0. The number of para-hydroxylation sites is 1. The van der Waals surface area contributed by atoms with Crippen LogP contribution in [0, 0.1) is 10.1 Å². The Morgan fingerprint density at radius 1 is 1.03 bits per heavy atom. The molecule has 5 rings (SSSR count). The average molecular weight is 481 g/mol. The highest BCUT2D eigenvalue weighted by Gasteiger charge is 2.20. The van der Waals surface area contributed by atoms with Gasteiger partial charge in [-0.15, -0.1) is 0 Å². The van der Waals surface area contributed by atoms with E-state index < -0.39 is 4.92 Å². The lowest BCUT2D eigenvalue weighted by Gasteiger charge is -2.16. The Morgan fingerprint density at radius 3 is 2.44 bits per heavy atom. The molecular weight excluding hydrogens is 452 g/mol. The fourth-order valence-electron chi connectivity index (χ4n) is 4.94. The summed E-state index contributed by atoms with van der Waals surface area (Å²) in [5, 5.41) is 12.2. The predicted octanol–water partition coefficient (Wildman–Crippen LogP) is 6.15. The van der Waals surface area contributed by atoms with E-state index >= 15 is 0 Å². The number of nitro groups is 1. The molecule has 1 fully saturated rings. The van der Waals surface area contributed by atoms with Crippen LogP contribution in [0.1, 0.15) is 42.7 Å². The summed E-state index contributed by atoms with van der Waals surface area (Å²) in [6, 6.07) is 20.3. The molecule has 0 saturated heterocycles. The van der Waals surface area contributed by atoms with Gasteiger partial charge in [0.1, 0.15) is 5.82 Å². The fourth-order valence-corrected chi connectivity index (χ4v) is 4.94. The average Bonchev–Trinajstić information content (AvgIpc) is 3.42. The Kier molecular flexibility index (Phi) is 6.38. The highest BCUT2D eigenvalue weighted by Crippen LogP contribution is 2.35. The Balaban J connectivity index is 1.71. The molecule has 3 aromatic carbocycles. The summed E-state index contributed by atoms with van der Waals surface area (Å²) in [7, 11) is 3.70. The van der Waals surface area contributed by atoms with Gasteiger partial charge >= 0.3 is 0 Å². The smallest absolute Gasteiger partial charge is 0.276 e. The highest BCUT2D eigenvalue weighted by molar-refractivity contribution is 5.81. The van der Waals surface area contributed by atoms with Crippen molar-refractivity contribution in [2.45, 2.75) is 31.6 Å². The van der Waals surface area contributed by atoms with Crippen LogP contribution in [-0.2, 0) is 0 Å². The van der Waals surface area contributed by atoms with Crippen molar-refractivity contribution < 1.29 is 4.92 Å². The van der Waals surface area contributed by atoms with Crippen LogP contribution < -0.4 is 5.56 Å². The van der Waals surface area contributed by atoms with E-state index in [1.807, 2.05) is 49.3 Å². The fraction of sp³-hybridized carbons (Fsp3) is 0.241. The number of nitro benzene ring substituents is 1. The molecule has 182 valence electrons. The minimum absolute atomic E-state index is 0.00699. The Morgan fingerprint density at radius 2 is 1.75 bits per heavy atom. The van der Waals surface area contributed by atoms with E-state index in [9.17, 15) is 14.9 Å². The number of hydrogen-bond acceptors (Lipinski definition) is 5. The van der Waals surface area contributed by atoms with Crippen molar-refractivity contribution in [2.75, 3.05) is 14.1 Å². The standard InChI is InChI=1S/C29H28N4O3/c1-31(2)18-17-22-19-23(13-16-27(22)33(35)36)28-30-26-10-6-5-9-25(26)29(34)32(28)24-14-11-21(12-15-24)20-7-3-4-8-20/h5-6,9-20H,3-4,7-8H2,1-2H3. The molecule has 0 unspecified atom stereocenters. The molecule has 0 bridgehead atoms. The molecule has 7 heteroatoms. The van der Waals surface area contributed by atoms with E-state index in [1.165, 1.54) is 37.3 Å². The lowest BCUT2D eigenvalue weighted by molar-refractivity contribution is -0.385. The molecule has 0 amide bonds. The van der Waals surface area contributed by atoms with Crippen molar-refractivity contribution >= 4 is 22.7 Å². The number of aromatic nitrogens is 2. The van der Waals surface area contributed by atoms with Crippen molar-refractivity contribution in [1.82, 2.24) is 14.5 Å².